The zero-order valence-electron chi connectivity index (χ0n) is 14.2. The molecule has 4 heteroatoms. The minimum Gasteiger partial charge on any atom is -0.488 e. The lowest BCUT2D eigenvalue weighted by Gasteiger charge is -2.08. The fourth-order valence-electron chi connectivity index (χ4n) is 3.36. The minimum absolute atomic E-state index is 0.0558. The van der Waals surface area contributed by atoms with Gasteiger partial charge in [0.05, 0.1) is 5.56 Å². The lowest BCUT2D eigenvalue weighted by atomic mass is 9.94. The van der Waals surface area contributed by atoms with Gasteiger partial charge in [0.15, 0.2) is 17.3 Å². The lowest BCUT2D eigenvalue weighted by molar-refractivity contribution is 0.103. The first-order valence-corrected chi connectivity index (χ1v) is 8.50. The van der Waals surface area contributed by atoms with Crippen LogP contribution in [0.3, 0.4) is 0 Å². The van der Waals surface area contributed by atoms with Crippen LogP contribution in [-0.4, -0.2) is 12.6 Å². The van der Waals surface area contributed by atoms with Crippen LogP contribution in [0, 0.1) is 6.92 Å². The largest absolute Gasteiger partial charge is 0.488 e. The topological polar surface area (TPSA) is 44.8 Å². The van der Waals surface area contributed by atoms with Gasteiger partial charge in [0, 0.05) is 17.2 Å². The van der Waals surface area contributed by atoms with Gasteiger partial charge in [-0.25, -0.2) is 0 Å². The molecule has 0 spiro atoms. The maximum Gasteiger partial charge on any atom is 0.231 e. The molecule has 3 aromatic rings. The number of ketones is 1. The Bertz CT molecular complexity index is 1030. The van der Waals surface area contributed by atoms with E-state index in [1.807, 2.05) is 18.2 Å². The third-order valence-corrected chi connectivity index (χ3v) is 4.84. The molecule has 4 nitrogen and oxygen atoms in total. The molecule has 26 heavy (non-hydrogen) atoms. The third kappa shape index (κ3) is 2.34. The molecule has 128 valence electrons. The highest BCUT2D eigenvalue weighted by Crippen LogP contribution is 2.41. The van der Waals surface area contributed by atoms with E-state index in [-0.39, 0.29) is 12.6 Å². The van der Waals surface area contributed by atoms with Gasteiger partial charge in [-0.3, -0.25) is 4.79 Å². The van der Waals surface area contributed by atoms with Crippen molar-refractivity contribution in [1.29, 1.82) is 0 Å². The summed E-state index contributed by atoms with van der Waals surface area (Å²) in [6.07, 6.45) is 0. The van der Waals surface area contributed by atoms with Crippen LogP contribution in [0.2, 0.25) is 0 Å². The summed E-state index contributed by atoms with van der Waals surface area (Å²) in [6, 6.07) is 17.7. The van der Waals surface area contributed by atoms with Crippen molar-refractivity contribution in [2.75, 3.05) is 6.79 Å². The first-order chi connectivity index (χ1) is 12.7. The molecule has 0 fully saturated rings. The maximum atomic E-state index is 13.2. The molecule has 0 amide bonds. The van der Waals surface area contributed by atoms with Gasteiger partial charge in [-0.05, 0) is 30.2 Å². The zero-order valence-corrected chi connectivity index (χ0v) is 14.2. The zero-order chi connectivity index (χ0) is 17.7. The van der Waals surface area contributed by atoms with Gasteiger partial charge in [0.25, 0.3) is 0 Å². The van der Waals surface area contributed by atoms with Crippen molar-refractivity contribution in [2.45, 2.75) is 13.5 Å². The second kappa shape index (κ2) is 5.63. The second-order valence-corrected chi connectivity index (χ2v) is 6.56. The summed E-state index contributed by atoms with van der Waals surface area (Å²) in [4.78, 5) is 13.2. The van der Waals surface area contributed by atoms with Gasteiger partial charge in [0.2, 0.25) is 6.79 Å². The van der Waals surface area contributed by atoms with Crippen molar-refractivity contribution in [1.82, 2.24) is 0 Å². The van der Waals surface area contributed by atoms with Gasteiger partial charge >= 0.3 is 0 Å². The Labute approximate surface area is 150 Å². The van der Waals surface area contributed by atoms with Crippen molar-refractivity contribution in [3.63, 3.8) is 0 Å². The smallest absolute Gasteiger partial charge is 0.231 e. The Balaban J connectivity index is 1.62. The van der Waals surface area contributed by atoms with Gasteiger partial charge < -0.3 is 14.2 Å². The Morgan fingerprint density at radius 3 is 2.27 bits per heavy atom. The highest BCUT2D eigenvalue weighted by molar-refractivity contribution is 6.13. The van der Waals surface area contributed by atoms with Crippen molar-refractivity contribution in [2.24, 2.45) is 0 Å². The highest BCUT2D eigenvalue weighted by Gasteiger charge is 2.27. The average Bonchev–Trinajstić information content (AvgIpc) is 3.08. The lowest BCUT2D eigenvalue weighted by Crippen LogP contribution is -2.03. The molecule has 0 saturated carbocycles. The Morgan fingerprint density at radius 2 is 1.46 bits per heavy atom. The van der Waals surface area contributed by atoms with Crippen LogP contribution in [0.5, 0.6) is 17.2 Å². The summed E-state index contributed by atoms with van der Waals surface area (Å²) in [5.74, 6) is 1.67. The first-order valence-electron chi connectivity index (χ1n) is 8.50. The summed E-state index contributed by atoms with van der Waals surface area (Å²) < 4.78 is 16.7. The van der Waals surface area contributed by atoms with E-state index in [2.05, 4.69) is 31.2 Å². The third-order valence-electron chi connectivity index (χ3n) is 4.84. The summed E-state index contributed by atoms with van der Waals surface area (Å²) in [6.45, 7) is 2.57. The highest BCUT2D eigenvalue weighted by atomic mass is 16.7. The van der Waals surface area contributed by atoms with E-state index in [1.54, 1.807) is 12.1 Å². The number of rotatable bonds is 1. The molecule has 5 rings (SSSR count). The van der Waals surface area contributed by atoms with Crippen LogP contribution in [0.15, 0.2) is 54.6 Å². The molecule has 0 unspecified atom stereocenters. The molecule has 2 aliphatic heterocycles. The number of carbonyl (C=O) groups is 1. The van der Waals surface area contributed by atoms with Gasteiger partial charge in [-0.2, -0.15) is 0 Å². The number of hydrogen-bond acceptors (Lipinski definition) is 4. The minimum atomic E-state index is -0.0558. The van der Waals surface area contributed by atoms with E-state index in [0.29, 0.717) is 35.0 Å². The van der Waals surface area contributed by atoms with Crippen molar-refractivity contribution >= 4 is 5.78 Å². The molecule has 2 aliphatic rings. The van der Waals surface area contributed by atoms with E-state index in [1.165, 1.54) is 5.56 Å². The van der Waals surface area contributed by atoms with Crippen LogP contribution >= 0.6 is 0 Å². The molecule has 0 N–H and O–H groups in total. The second-order valence-electron chi connectivity index (χ2n) is 6.56. The van der Waals surface area contributed by atoms with Gasteiger partial charge in [-0.1, -0.05) is 42.0 Å². The van der Waals surface area contributed by atoms with Crippen molar-refractivity contribution < 1.29 is 19.0 Å². The molecule has 0 radical (unpaired) electrons. The molecule has 0 atom stereocenters. The van der Waals surface area contributed by atoms with Crippen LogP contribution in [0.1, 0.15) is 27.0 Å². The molecular weight excluding hydrogens is 328 g/mol. The number of carbonyl (C=O) groups excluding carboxylic acids is 1. The van der Waals surface area contributed by atoms with E-state index in [9.17, 15) is 4.79 Å². The predicted octanol–water partition coefficient (Wildman–Crippen LogP) is 4.51. The average molecular weight is 344 g/mol. The van der Waals surface area contributed by atoms with Crippen LogP contribution in [0.4, 0.5) is 0 Å². The van der Waals surface area contributed by atoms with Crippen LogP contribution in [0.25, 0.3) is 11.1 Å². The maximum absolute atomic E-state index is 13.2. The molecule has 0 aliphatic carbocycles. The van der Waals surface area contributed by atoms with Crippen LogP contribution < -0.4 is 14.2 Å². The standard InChI is InChI=1S/C22H16O4/c1-13-2-4-14(5-3-13)15-6-7-16-11-24-19-10-21-20(25-12-26-21)9-18(19)22(23)17(16)8-15/h2-10H,11-12H2,1H3. The van der Waals surface area contributed by atoms with Gasteiger partial charge in [-0.15, -0.1) is 0 Å². The fourth-order valence-corrected chi connectivity index (χ4v) is 3.36. The molecule has 0 saturated heterocycles. The SMILES string of the molecule is Cc1ccc(-c2ccc3c(c2)C(=O)c2cc4c(cc2OC3)OCO4)cc1. The normalized spacial score (nSPS) is 14.3. The summed E-state index contributed by atoms with van der Waals surface area (Å²) in [7, 11) is 0. The number of aryl methyl sites for hydroxylation is 1. The van der Waals surface area contributed by atoms with E-state index >= 15 is 0 Å². The molecule has 0 bridgehead atoms. The predicted molar refractivity (Wildman–Crippen MR) is 96.9 cm³/mol. The fraction of sp³-hybridized carbons (Fsp3) is 0.136. The van der Waals surface area contributed by atoms with E-state index in [0.717, 1.165) is 16.7 Å². The molecule has 0 aromatic heterocycles. The van der Waals surface area contributed by atoms with Gasteiger partial charge in [0.1, 0.15) is 12.4 Å². The van der Waals surface area contributed by atoms with Crippen molar-refractivity contribution in [3.05, 3.63) is 76.9 Å². The number of benzene rings is 3. The monoisotopic (exact) mass is 344 g/mol. The van der Waals surface area contributed by atoms with E-state index in [4.69, 9.17) is 14.2 Å². The molecule has 2 heterocycles. The van der Waals surface area contributed by atoms with E-state index < -0.39 is 0 Å². The quantitative estimate of drug-likeness (QED) is 0.651. The Morgan fingerprint density at radius 1 is 0.731 bits per heavy atom. The number of ether oxygens (including phenoxy) is 3. The first kappa shape index (κ1) is 15.0. The number of fused-ring (bicyclic) bond motifs is 3. The summed E-state index contributed by atoms with van der Waals surface area (Å²) >= 11 is 0. The van der Waals surface area contributed by atoms with Crippen LogP contribution in [-0.2, 0) is 6.61 Å². The van der Waals surface area contributed by atoms with Crippen molar-refractivity contribution in [3.8, 4) is 28.4 Å². The number of hydrogen-bond donors (Lipinski definition) is 0. The summed E-state index contributed by atoms with van der Waals surface area (Å²) in [5, 5.41) is 0. The molecular formula is C22H16O4. The Hall–Kier alpha value is -3.27. The Kier molecular flexibility index (Phi) is 3.25. The summed E-state index contributed by atoms with van der Waals surface area (Å²) in [5.41, 5.74) is 5.36. The molecule has 3 aromatic carbocycles.